The Bertz CT molecular complexity index is 944. The molecule has 1 atom stereocenters. The molecule has 3 rings (SSSR count). The van der Waals surface area contributed by atoms with E-state index in [0.29, 0.717) is 18.1 Å². The van der Waals surface area contributed by atoms with Gasteiger partial charge in [-0.15, -0.1) is 0 Å². The first-order valence-corrected chi connectivity index (χ1v) is 11.6. The highest BCUT2D eigenvalue weighted by Gasteiger charge is 2.23. The van der Waals surface area contributed by atoms with E-state index in [1.165, 1.54) is 5.01 Å². The van der Waals surface area contributed by atoms with E-state index < -0.39 is 0 Å². The third-order valence-electron chi connectivity index (χ3n) is 5.77. The molecule has 0 radical (unpaired) electrons. The van der Waals surface area contributed by atoms with Gasteiger partial charge < -0.3 is 5.32 Å². The van der Waals surface area contributed by atoms with Crippen LogP contribution in [0.1, 0.15) is 50.3 Å². The fraction of sp³-hybridized carbons (Fsp3) is 0.400. The van der Waals surface area contributed by atoms with Crippen molar-refractivity contribution in [1.82, 2.24) is 15.2 Å². The second-order valence-electron chi connectivity index (χ2n) is 7.74. The van der Waals surface area contributed by atoms with Crippen LogP contribution in [0, 0.1) is 0 Å². The van der Waals surface area contributed by atoms with E-state index in [0.717, 1.165) is 36.3 Å². The van der Waals surface area contributed by atoms with Crippen LogP contribution in [0.15, 0.2) is 59.7 Å². The summed E-state index contributed by atoms with van der Waals surface area (Å²) in [5.74, 6) is -0.272. The molecule has 1 N–H and O–H groups in total. The first kappa shape index (κ1) is 24.0. The van der Waals surface area contributed by atoms with Gasteiger partial charge in [0.05, 0.1) is 18.3 Å². The summed E-state index contributed by atoms with van der Waals surface area (Å²) in [6.07, 6.45) is 1.00. The molecule has 0 fully saturated rings. The summed E-state index contributed by atoms with van der Waals surface area (Å²) >= 11 is 6.42. The molecule has 2 aromatic carbocycles. The monoisotopic (exact) mass is 454 g/mol. The number of rotatable bonds is 10. The number of hydrazone groups is 1. The van der Waals surface area contributed by atoms with Gasteiger partial charge in [0.15, 0.2) is 0 Å². The molecule has 0 saturated heterocycles. The predicted molar refractivity (Wildman–Crippen MR) is 129 cm³/mol. The smallest absolute Gasteiger partial charge is 0.243 e. The minimum atomic E-state index is -0.144. The van der Waals surface area contributed by atoms with Gasteiger partial charge in [-0.2, -0.15) is 5.10 Å². The summed E-state index contributed by atoms with van der Waals surface area (Å²) in [5.41, 5.74) is 2.93. The molecule has 6 nitrogen and oxygen atoms in total. The van der Waals surface area contributed by atoms with Crippen molar-refractivity contribution in [2.24, 2.45) is 5.10 Å². The second-order valence-corrected chi connectivity index (χ2v) is 8.15. The largest absolute Gasteiger partial charge is 0.354 e. The van der Waals surface area contributed by atoms with Crippen LogP contribution >= 0.6 is 11.6 Å². The molecule has 0 spiro atoms. The topological polar surface area (TPSA) is 65.0 Å². The highest BCUT2D eigenvalue weighted by Crippen LogP contribution is 2.27. The molecule has 0 saturated carbocycles. The summed E-state index contributed by atoms with van der Waals surface area (Å²) in [4.78, 5) is 27.3. The average molecular weight is 455 g/mol. The van der Waals surface area contributed by atoms with E-state index in [2.05, 4.69) is 29.2 Å². The molecule has 1 aliphatic rings. The number of amides is 2. The summed E-state index contributed by atoms with van der Waals surface area (Å²) in [5, 5.41) is 9.62. The molecule has 0 aromatic heterocycles. The molecule has 2 aromatic rings. The molecule has 170 valence electrons. The van der Waals surface area contributed by atoms with Gasteiger partial charge in [-0.25, -0.2) is 5.01 Å². The van der Waals surface area contributed by atoms with Crippen molar-refractivity contribution in [3.63, 3.8) is 0 Å². The van der Waals surface area contributed by atoms with Crippen molar-refractivity contribution in [1.29, 1.82) is 0 Å². The molecular formula is C25H31ClN4O2. The Labute approximate surface area is 195 Å². The number of benzene rings is 2. The van der Waals surface area contributed by atoms with Gasteiger partial charge in [-0.05, 0) is 30.3 Å². The third-order valence-corrected chi connectivity index (χ3v) is 6.12. The zero-order valence-corrected chi connectivity index (χ0v) is 19.5. The van der Waals surface area contributed by atoms with E-state index >= 15 is 0 Å². The zero-order valence-electron chi connectivity index (χ0n) is 18.8. The van der Waals surface area contributed by atoms with Crippen LogP contribution in [0.25, 0.3) is 0 Å². The standard InChI is InChI=1S/C25H31ClN4O2/c1-3-29(4-2)23(20-12-8-9-13-21(20)26)18-27-24(31)14-15-25(32)30-17-16-22(28-30)19-10-6-5-7-11-19/h5-13,23H,3-4,14-18H2,1-2H3,(H,27,31). The van der Waals surface area contributed by atoms with Crippen molar-refractivity contribution >= 4 is 29.1 Å². The number of likely N-dealkylation sites (N-methyl/N-ethyl adjacent to an activating group) is 1. The maximum atomic E-state index is 12.5. The molecule has 0 bridgehead atoms. The number of nitrogens with one attached hydrogen (secondary N) is 1. The fourth-order valence-electron chi connectivity index (χ4n) is 3.96. The minimum Gasteiger partial charge on any atom is -0.354 e. The van der Waals surface area contributed by atoms with Gasteiger partial charge >= 0.3 is 0 Å². The summed E-state index contributed by atoms with van der Waals surface area (Å²) in [7, 11) is 0. The Hall–Kier alpha value is -2.70. The third kappa shape index (κ3) is 6.17. The van der Waals surface area contributed by atoms with Crippen LogP contribution in [-0.2, 0) is 9.59 Å². The maximum Gasteiger partial charge on any atom is 0.243 e. The minimum absolute atomic E-state index is 0.0186. The van der Waals surface area contributed by atoms with Gasteiger partial charge in [0.25, 0.3) is 0 Å². The Kier molecular flexibility index (Phi) is 8.82. The van der Waals surface area contributed by atoms with Crippen LogP contribution in [0.2, 0.25) is 5.02 Å². The fourth-order valence-corrected chi connectivity index (χ4v) is 4.23. The van der Waals surface area contributed by atoms with Gasteiger partial charge in [-0.1, -0.05) is 74.0 Å². The maximum absolute atomic E-state index is 12.5. The highest BCUT2D eigenvalue weighted by molar-refractivity contribution is 6.31. The molecule has 1 aliphatic heterocycles. The Morgan fingerprint density at radius 1 is 1.06 bits per heavy atom. The van der Waals surface area contributed by atoms with E-state index in [1.807, 2.05) is 54.6 Å². The van der Waals surface area contributed by atoms with Crippen molar-refractivity contribution in [3.05, 3.63) is 70.7 Å². The lowest BCUT2D eigenvalue weighted by Gasteiger charge is -2.31. The van der Waals surface area contributed by atoms with Crippen molar-refractivity contribution in [2.75, 3.05) is 26.2 Å². The average Bonchev–Trinajstić information content (AvgIpc) is 3.32. The number of carbonyl (C=O) groups excluding carboxylic acids is 2. The molecule has 7 heteroatoms. The molecule has 0 aliphatic carbocycles. The van der Waals surface area contributed by atoms with Gasteiger partial charge in [0.2, 0.25) is 11.8 Å². The second kappa shape index (κ2) is 11.8. The summed E-state index contributed by atoms with van der Waals surface area (Å²) in [6, 6.07) is 17.6. The number of hydrogen-bond donors (Lipinski definition) is 1. The number of nitrogens with zero attached hydrogens (tertiary/aromatic N) is 3. The first-order chi connectivity index (χ1) is 15.5. The SMILES string of the molecule is CCN(CC)C(CNC(=O)CCC(=O)N1CCC(c2ccccc2)=N1)c1ccccc1Cl. The lowest BCUT2D eigenvalue weighted by atomic mass is 10.0. The van der Waals surface area contributed by atoms with Gasteiger partial charge in [0.1, 0.15) is 0 Å². The molecule has 32 heavy (non-hydrogen) atoms. The number of halogens is 1. The Morgan fingerprint density at radius 3 is 2.44 bits per heavy atom. The molecule has 1 unspecified atom stereocenters. The number of carbonyl (C=O) groups is 2. The quantitative estimate of drug-likeness (QED) is 0.583. The Morgan fingerprint density at radius 2 is 1.75 bits per heavy atom. The van der Waals surface area contributed by atoms with Crippen LogP contribution in [0.5, 0.6) is 0 Å². The van der Waals surface area contributed by atoms with Gasteiger partial charge in [-0.3, -0.25) is 14.5 Å². The van der Waals surface area contributed by atoms with Crippen molar-refractivity contribution in [3.8, 4) is 0 Å². The van der Waals surface area contributed by atoms with Crippen LogP contribution in [0.3, 0.4) is 0 Å². The van der Waals surface area contributed by atoms with E-state index in [1.54, 1.807) is 0 Å². The van der Waals surface area contributed by atoms with Crippen LogP contribution < -0.4 is 5.32 Å². The zero-order chi connectivity index (χ0) is 22.9. The highest BCUT2D eigenvalue weighted by atomic mass is 35.5. The Balaban J connectivity index is 1.53. The van der Waals surface area contributed by atoms with E-state index in [9.17, 15) is 9.59 Å². The first-order valence-electron chi connectivity index (χ1n) is 11.2. The summed E-state index contributed by atoms with van der Waals surface area (Å²) in [6.45, 7) is 6.87. The number of hydrogen-bond acceptors (Lipinski definition) is 4. The van der Waals surface area contributed by atoms with Crippen LogP contribution in [-0.4, -0.2) is 53.6 Å². The van der Waals surface area contributed by atoms with Gasteiger partial charge in [0, 0.05) is 30.8 Å². The van der Waals surface area contributed by atoms with Crippen molar-refractivity contribution < 1.29 is 9.59 Å². The molecular weight excluding hydrogens is 424 g/mol. The normalized spacial score (nSPS) is 14.4. The lowest BCUT2D eigenvalue weighted by molar-refractivity contribution is -0.133. The summed E-state index contributed by atoms with van der Waals surface area (Å²) < 4.78 is 0. The predicted octanol–water partition coefficient (Wildman–Crippen LogP) is 4.26. The molecule has 1 heterocycles. The molecule has 2 amide bonds. The van der Waals surface area contributed by atoms with E-state index in [-0.39, 0.29) is 30.7 Å². The lowest BCUT2D eigenvalue weighted by Crippen LogP contribution is -2.38. The van der Waals surface area contributed by atoms with E-state index in [4.69, 9.17) is 11.6 Å². The van der Waals surface area contributed by atoms with Crippen LogP contribution in [0.4, 0.5) is 0 Å². The van der Waals surface area contributed by atoms with Crippen molar-refractivity contribution in [2.45, 2.75) is 39.2 Å².